The number of rotatable bonds is 7. The van der Waals surface area contributed by atoms with Crippen LogP contribution in [0.1, 0.15) is 11.1 Å². The summed E-state index contributed by atoms with van der Waals surface area (Å²) in [7, 11) is -3.76. The van der Waals surface area contributed by atoms with Gasteiger partial charge in [-0.25, -0.2) is 22.5 Å². The van der Waals surface area contributed by atoms with Crippen LogP contribution in [0.4, 0.5) is 5.69 Å². The molecule has 0 atom stereocenters. The molecule has 2 aromatic carbocycles. The van der Waals surface area contributed by atoms with Gasteiger partial charge in [0.2, 0.25) is 15.9 Å². The molecule has 0 spiro atoms. The van der Waals surface area contributed by atoms with Crippen molar-refractivity contribution >= 4 is 21.9 Å². The van der Waals surface area contributed by atoms with E-state index in [1.54, 1.807) is 18.2 Å². The highest BCUT2D eigenvalue weighted by Gasteiger charge is 2.15. The second kappa shape index (κ2) is 9.08. The molecule has 1 aromatic heterocycles. The fourth-order valence-electron chi connectivity index (χ4n) is 2.78. The second-order valence-corrected chi connectivity index (χ2v) is 8.31. The number of nitrogens with zero attached hydrogens (tertiary/aromatic N) is 2. The number of aryl methyl sites for hydroxylation is 1. The minimum absolute atomic E-state index is 0.0198. The highest BCUT2D eigenvalue weighted by atomic mass is 32.2. The monoisotopic (exact) mass is 444 g/mol. The Morgan fingerprint density at radius 2 is 1.87 bits per heavy atom. The molecule has 0 saturated heterocycles. The van der Waals surface area contributed by atoms with Gasteiger partial charge in [-0.05, 0) is 48.9 Å². The molecule has 0 fully saturated rings. The van der Waals surface area contributed by atoms with Crippen molar-refractivity contribution in [3.05, 3.63) is 80.5 Å². The number of nitrogens with one attached hydrogen (secondary N) is 2. The molecule has 0 aliphatic heterocycles. The van der Waals surface area contributed by atoms with Crippen molar-refractivity contribution < 1.29 is 18.6 Å². The first kappa shape index (κ1) is 22.2. The zero-order valence-electron chi connectivity index (χ0n) is 16.4. The zero-order chi connectivity index (χ0) is 22.6. The Balaban J connectivity index is 1.95. The normalized spacial score (nSPS) is 11.8. The van der Waals surface area contributed by atoms with Gasteiger partial charge in [0.1, 0.15) is 5.56 Å². The van der Waals surface area contributed by atoms with Crippen molar-refractivity contribution in [2.24, 2.45) is 4.99 Å². The van der Waals surface area contributed by atoms with Crippen molar-refractivity contribution in [3.63, 3.8) is 0 Å². The zero-order valence-corrected chi connectivity index (χ0v) is 17.3. The van der Waals surface area contributed by atoms with E-state index in [-0.39, 0.29) is 23.6 Å². The SMILES string of the molecule is Cc1cccc(-n2c(O)c(C=Nc3ccc(S(=O)(=O)NCCO)cc3)c(=O)[nH]c2=O)c1. The van der Waals surface area contributed by atoms with Gasteiger partial charge in [0.15, 0.2) is 0 Å². The third-order valence-corrected chi connectivity index (χ3v) is 5.75. The molecule has 162 valence electrons. The first-order chi connectivity index (χ1) is 14.7. The summed E-state index contributed by atoms with van der Waals surface area (Å²) in [5.41, 5.74) is -0.305. The Hall–Kier alpha value is -3.54. The van der Waals surface area contributed by atoms with Crippen molar-refractivity contribution in [2.75, 3.05) is 13.2 Å². The molecule has 0 bridgehead atoms. The average Bonchev–Trinajstić information content (AvgIpc) is 2.72. The van der Waals surface area contributed by atoms with Crippen LogP contribution in [-0.2, 0) is 10.0 Å². The van der Waals surface area contributed by atoms with E-state index in [4.69, 9.17) is 5.11 Å². The highest BCUT2D eigenvalue weighted by Crippen LogP contribution is 2.19. The van der Waals surface area contributed by atoms with Gasteiger partial charge in [-0.15, -0.1) is 0 Å². The first-order valence-electron chi connectivity index (χ1n) is 9.13. The number of aliphatic imine (C=N–C) groups is 1. The van der Waals surface area contributed by atoms with E-state index in [2.05, 4.69) is 14.7 Å². The number of hydrogen-bond acceptors (Lipinski definition) is 7. The maximum absolute atomic E-state index is 12.2. The number of aromatic amines is 1. The fourth-order valence-corrected chi connectivity index (χ4v) is 3.80. The minimum Gasteiger partial charge on any atom is -0.493 e. The number of benzene rings is 2. The Labute approximate surface area is 177 Å². The molecular formula is C20H20N4O6S. The molecular weight excluding hydrogens is 424 g/mol. The summed E-state index contributed by atoms with van der Waals surface area (Å²) in [6.45, 7) is 1.38. The third kappa shape index (κ3) is 4.97. The van der Waals surface area contributed by atoms with E-state index in [9.17, 15) is 23.1 Å². The predicted molar refractivity (Wildman–Crippen MR) is 115 cm³/mol. The first-order valence-corrected chi connectivity index (χ1v) is 10.6. The maximum atomic E-state index is 12.2. The van der Waals surface area contributed by atoms with Crippen LogP contribution < -0.4 is 16.0 Å². The van der Waals surface area contributed by atoms with Crippen LogP contribution in [0.5, 0.6) is 5.88 Å². The summed E-state index contributed by atoms with van der Waals surface area (Å²) in [5, 5.41) is 19.3. The standard InChI is InChI=1S/C20H20N4O6S/c1-13-3-2-4-15(11-13)24-19(27)17(18(26)23-20(24)28)12-21-14-5-7-16(8-6-14)31(29,30)22-9-10-25/h2-8,11-12,22,25,27H,9-10H2,1H3,(H,23,26,28). The minimum atomic E-state index is -3.76. The Bertz CT molecular complexity index is 1340. The number of sulfonamides is 1. The van der Waals surface area contributed by atoms with Gasteiger partial charge >= 0.3 is 5.69 Å². The average molecular weight is 444 g/mol. The van der Waals surface area contributed by atoms with Crippen LogP contribution >= 0.6 is 0 Å². The number of aliphatic hydroxyl groups excluding tert-OH is 1. The van der Waals surface area contributed by atoms with E-state index < -0.39 is 27.2 Å². The summed E-state index contributed by atoms with van der Waals surface area (Å²) in [4.78, 5) is 30.6. The molecule has 1 heterocycles. The summed E-state index contributed by atoms with van der Waals surface area (Å²) in [6, 6.07) is 12.2. The van der Waals surface area contributed by atoms with Crippen molar-refractivity contribution in [1.82, 2.24) is 14.3 Å². The van der Waals surface area contributed by atoms with E-state index in [1.165, 1.54) is 24.3 Å². The lowest BCUT2D eigenvalue weighted by molar-refractivity contribution is 0.301. The summed E-state index contributed by atoms with van der Waals surface area (Å²) >= 11 is 0. The smallest absolute Gasteiger partial charge is 0.335 e. The van der Waals surface area contributed by atoms with Gasteiger partial charge in [0.25, 0.3) is 5.56 Å². The lowest BCUT2D eigenvalue weighted by Gasteiger charge is -2.10. The third-order valence-electron chi connectivity index (χ3n) is 4.27. The predicted octanol–water partition coefficient (Wildman–Crippen LogP) is 0.561. The summed E-state index contributed by atoms with van der Waals surface area (Å²) in [5.74, 6) is -0.574. The van der Waals surface area contributed by atoms with Crippen LogP contribution in [-0.4, -0.2) is 47.5 Å². The van der Waals surface area contributed by atoms with Gasteiger partial charge in [-0.2, -0.15) is 0 Å². The van der Waals surface area contributed by atoms with Crippen molar-refractivity contribution in [2.45, 2.75) is 11.8 Å². The largest absolute Gasteiger partial charge is 0.493 e. The number of aromatic hydroxyl groups is 1. The van der Waals surface area contributed by atoms with Gasteiger partial charge < -0.3 is 10.2 Å². The molecule has 4 N–H and O–H groups in total. The molecule has 31 heavy (non-hydrogen) atoms. The second-order valence-electron chi connectivity index (χ2n) is 6.54. The fraction of sp³-hybridized carbons (Fsp3) is 0.150. The number of H-pyrrole nitrogens is 1. The summed E-state index contributed by atoms with van der Waals surface area (Å²) in [6.07, 6.45) is 1.09. The topological polar surface area (TPSA) is 154 Å². The molecule has 0 unspecified atom stereocenters. The van der Waals surface area contributed by atoms with Gasteiger partial charge in [-0.3, -0.25) is 14.8 Å². The Morgan fingerprint density at radius 1 is 1.16 bits per heavy atom. The molecule has 0 radical (unpaired) electrons. The quantitative estimate of drug-likeness (QED) is 0.391. The van der Waals surface area contributed by atoms with Crippen LogP contribution in [0.15, 0.2) is 68.0 Å². The van der Waals surface area contributed by atoms with Gasteiger partial charge in [-0.1, -0.05) is 12.1 Å². The van der Waals surface area contributed by atoms with E-state index in [1.807, 2.05) is 13.0 Å². The molecule has 0 aliphatic carbocycles. The van der Waals surface area contributed by atoms with Gasteiger partial charge in [0, 0.05) is 12.8 Å². The molecule has 11 heteroatoms. The number of hydrogen-bond donors (Lipinski definition) is 4. The van der Waals surface area contributed by atoms with Crippen LogP contribution in [0, 0.1) is 6.92 Å². The highest BCUT2D eigenvalue weighted by molar-refractivity contribution is 7.89. The molecule has 0 saturated carbocycles. The van der Waals surface area contributed by atoms with Crippen LogP contribution in [0.3, 0.4) is 0 Å². The molecule has 0 aliphatic rings. The van der Waals surface area contributed by atoms with Crippen molar-refractivity contribution in [1.29, 1.82) is 0 Å². The number of aliphatic hydroxyl groups is 1. The van der Waals surface area contributed by atoms with Crippen molar-refractivity contribution in [3.8, 4) is 11.6 Å². The molecule has 10 nitrogen and oxygen atoms in total. The molecule has 3 rings (SSSR count). The molecule has 0 amide bonds. The summed E-state index contributed by atoms with van der Waals surface area (Å²) < 4.78 is 27.2. The van der Waals surface area contributed by atoms with Crippen LogP contribution in [0.2, 0.25) is 0 Å². The Morgan fingerprint density at radius 3 is 2.52 bits per heavy atom. The number of aromatic nitrogens is 2. The van der Waals surface area contributed by atoms with Crippen LogP contribution in [0.25, 0.3) is 5.69 Å². The van der Waals surface area contributed by atoms with Gasteiger partial charge in [0.05, 0.1) is 22.9 Å². The molecule has 3 aromatic rings. The lowest BCUT2D eigenvalue weighted by atomic mass is 10.2. The Kier molecular flexibility index (Phi) is 6.49. The lowest BCUT2D eigenvalue weighted by Crippen LogP contribution is -2.31. The van der Waals surface area contributed by atoms with E-state index in [0.29, 0.717) is 11.4 Å². The van der Waals surface area contributed by atoms with E-state index in [0.717, 1.165) is 16.3 Å². The maximum Gasteiger partial charge on any atom is 0.335 e. The van der Waals surface area contributed by atoms with E-state index >= 15 is 0 Å².